The van der Waals surface area contributed by atoms with Crippen molar-refractivity contribution in [1.82, 2.24) is 4.90 Å². The van der Waals surface area contributed by atoms with Crippen molar-refractivity contribution < 1.29 is 4.79 Å². The van der Waals surface area contributed by atoms with E-state index in [9.17, 15) is 4.79 Å². The number of rotatable bonds is 5. The van der Waals surface area contributed by atoms with Crippen molar-refractivity contribution >= 4 is 12.0 Å². The van der Waals surface area contributed by atoms with Crippen molar-refractivity contribution in [2.75, 3.05) is 13.1 Å². The molecule has 0 atom stereocenters. The second kappa shape index (κ2) is 7.00. The Balaban J connectivity index is 2.69. The second-order valence-corrected chi connectivity index (χ2v) is 5.19. The highest BCUT2D eigenvalue weighted by molar-refractivity contribution is 5.73. The van der Waals surface area contributed by atoms with Gasteiger partial charge in [0, 0.05) is 20.0 Å². The van der Waals surface area contributed by atoms with Gasteiger partial charge in [-0.25, -0.2) is 0 Å². The maximum Gasteiger partial charge on any atom is 0.219 e. The molecular weight excluding hydrogens is 222 g/mol. The molecule has 0 aliphatic carbocycles. The van der Waals surface area contributed by atoms with Gasteiger partial charge in [-0.3, -0.25) is 4.79 Å². The van der Waals surface area contributed by atoms with E-state index in [1.165, 1.54) is 11.1 Å². The minimum Gasteiger partial charge on any atom is -0.339 e. The van der Waals surface area contributed by atoms with Crippen LogP contribution in [0.3, 0.4) is 0 Å². The molecule has 0 bridgehead atoms. The number of carbonyl (C=O) groups is 1. The summed E-state index contributed by atoms with van der Waals surface area (Å²) < 4.78 is 0. The lowest BCUT2D eigenvalue weighted by Crippen LogP contribution is -2.33. The van der Waals surface area contributed by atoms with Crippen LogP contribution in [0.4, 0.5) is 0 Å². The van der Waals surface area contributed by atoms with Crippen LogP contribution in [0.5, 0.6) is 0 Å². The van der Waals surface area contributed by atoms with Gasteiger partial charge in [-0.05, 0) is 18.4 Å². The first-order valence-corrected chi connectivity index (χ1v) is 6.46. The van der Waals surface area contributed by atoms with Gasteiger partial charge < -0.3 is 4.90 Å². The molecule has 0 unspecified atom stereocenters. The van der Waals surface area contributed by atoms with Crippen LogP contribution in [0, 0.1) is 5.92 Å². The van der Waals surface area contributed by atoms with Crippen molar-refractivity contribution in [2.45, 2.75) is 27.7 Å². The van der Waals surface area contributed by atoms with E-state index in [0.717, 1.165) is 6.54 Å². The molecule has 0 aromatic heterocycles. The molecule has 1 aromatic rings. The quantitative estimate of drug-likeness (QED) is 0.776. The Morgan fingerprint density at radius 2 is 1.83 bits per heavy atom. The average Bonchev–Trinajstić information content (AvgIpc) is 2.28. The molecule has 2 heteroatoms. The maximum absolute atomic E-state index is 11.6. The highest BCUT2D eigenvalue weighted by Gasteiger charge is 2.10. The smallest absolute Gasteiger partial charge is 0.219 e. The monoisotopic (exact) mass is 245 g/mol. The lowest BCUT2D eigenvalue weighted by molar-refractivity contribution is -0.128. The first-order chi connectivity index (χ1) is 8.49. The molecule has 1 amide bonds. The zero-order chi connectivity index (χ0) is 13.5. The predicted molar refractivity (Wildman–Crippen MR) is 77.2 cm³/mol. The van der Waals surface area contributed by atoms with Crippen molar-refractivity contribution in [3.8, 4) is 0 Å². The summed E-state index contributed by atoms with van der Waals surface area (Å²) in [6.07, 6.45) is 2.14. The molecule has 18 heavy (non-hydrogen) atoms. The van der Waals surface area contributed by atoms with E-state index in [4.69, 9.17) is 0 Å². The number of hydrogen-bond donors (Lipinski definition) is 0. The van der Waals surface area contributed by atoms with Gasteiger partial charge in [0.25, 0.3) is 0 Å². The fraction of sp³-hybridized carbons (Fsp3) is 0.438. The molecule has 0 saturated carbocycles. The molecule has 0 fully saturated rings. The van der Waals surface area contributed by atoms with Crippen molar-refractivity contribution in [3.63, 3.8) is 0 Å². The Morgan fingerprint density at radius 3 is 2.33 bits per heavy atom. The van der Waals surface area contributed by atoms with Gasteiger partial charge in [0.05, 0.1) is 0 Å². The number of hydrogen-bond acceptors (Lipinski definition) is 1. The zero-order valence-corrected chi connectivity index (χ0v) is 11.8. The van der Waals surface area contributed by atoms with Crippen LogP contribution in [0.15, 0.2) is 35.9 Å². The molecule has 98 valence electrons. The van der Waals surface area contributed by atoms with Crippen LogP contribution < -0.4 is 0 Å². The standard InChI is InChI=1S/C16H23NO/c1-13(2)11-17(15(4)18)12-14(3)10-16-8-6-5-7-9-16/h5-10,13H,11-12H2,1-4H3/b14-10-. The lowest BCUT2D eigenvalue weighted by atomic mass is 10.1. The van der Waals surface area contributed by atoms with Crippen LogP contribution in [0.2, 0.25) is 0 Å². The molecule has 0 heterocycles. The Kier molecular flexibility index (Phi) is 5.63. The van der Waals surface area contributed by atoms with Crippen LogP contribution in [-0.4, -0.2) is 23.9 Å². The number of benzene rings is 1. The summed E-state index contributed by atoms with van der Waals surface area (Å²) in [6.45, 7) is 9.50. The predicted octanol–water partition coefficient (Wildman–Crippen LogP) is 3.59. The average molecular weight is 245 g/mol. The first-order valence-electron chi connectivity index (χ1n) is 6.46. The number of carbonyl (C=O) groups excluding carboxylic acids is 1. The van der Waals surface area contributed by atoms with E-state index in [2.05, 4.69) is 39.0 Å². The van der Waals surface area contributed by atoms with Gasteiger partial charge in [-0.2, -0.15) is 0 Å². The van der Waals surface area contributed by atoms with E-state index in [1.54, 1.807) is 6.92 Å². The Bertz CT molecular complexity index is 406. The molecule has 0 spiro atoms. The first kappa shape index (κ1) is 14.5. The maximum atomic E-state index is 11.6. The zero-order valence-electron chi connectivity index (χ0n) is 11.8. The summed E-state index contributed by atoms with van der Waals surface area (Å²) in [7, 11) is 0. The molecule has 2 nitrogen and oxygen atoms in total. The normalized spacial score (nSPS) is 11.7. The van der Waals surface area contributed by atoms with Crippen LogP contribution in [0.25, 0.3) is 6.08 Å². The van der Waals surface area contributed by atoms with E-state index < -0.39 is 0 Å². The molecule has 0 saturated heterocycles. The van der Waals surface area contributed by atoms with E-state index in [1.807, 2.05) is 23.1 Å². The fourth-order valence-electron chi connectivity index (χ4n) is 1.93. The number of amides is 1. The summed E-state index contributed by atoms with van der Waals surface area (Å²) in [5.74, 6) is 0.642. The minimum atomic E-state index is 0.143. The Hall–Kier alpha value is -1.57. The largest absolute Gasteiger partial charge is 0.339 e. The van der Waals surface area contributed by atoms with Gasteiger partial charge >= 0.3 is 0 Å². The van der Waals surface area contributed by atoms with E-state index in [-0.39, 0.29) is 5.91 Å². The van der Waals surface area contributed by atoms with Gasteiger partial charge in [0.15, 0.2) is 0 Å². The summed E-state index contributed by atoms with van der Waals surface area (Å²) >= 11 is 0. The van der Waals surface area contributed by atoms with E-state index in [0.29, 0.717) is 12.5 Å². The molecule has 0 radical (unpaired) electrons. The Morgan fingerprint density at radius 1 is 1.22 bits per heavy atom. The molecular formula is C16H23NO. The minimum absolute atomic E-state index is 0.143. The lowest BCUT2D eigenvalue weighted by Gasteiger charge is -2.23. The van der Waals surface area contributed by atoms with Crippen molar-refractivity contribution in [3.05, 3.63) is 41.5 Å². The molecule has 0 N–H and O–H groups in total. The summed E-state index contributed by atoms with van der Waals surface area (Å²) in [6, 6.07) is 10.2. The highest BCUT2D eigenvalue weighted by Crippen LogP contribution is 2.09. The third-order valence-corrected chi connectivity index (χ3v) is 2.68. The second-order valence-electron chi connectivity index (χ2n) is 5.19. The van der Waals surface area contributed by atoms with Crippen molar-refractivity contribution in [2.24, 2.45) is 5.92 Å². The van der Waals surface area contributed by atoms with Gasteiger partial charge in [-0.15, -0.1) is 0 Å². The van der Waals surface area contributed by atoms with Crippen LogP contribution >= 0.6 is 0 Å². The topological polar surface area (TPSA) is 20.3 Å². The SMILES string of the molecule is CC(=O)N(C/C(C)=C\c1ccccc1)CC(C)C. The molecule has 0 aliphatic rings. The third kappa shape index (κ3) is 5.17. The summed E-state index contributed by atoms with van der Waals surface area (Å²) in [5.41, 5.74) is 2.39. The van der Waals surface area contributed by atoms with Crippen LogP contribution in [-0.2, 0) is 4.79 Å². The summed E-state index contributed by atoms with van der Waals surface area (Å²) in [5, 5.41) is 0. The molecule has 1 rings (SSSR count). The Labute approximate surface area is 110 Å². The van der Waals surface area contributed by atoms with Gasteiger partial charge in [0.2, 0.25) is 5.91 Å². The van der Waals surface area contributed by atoms with Gasteiger partial charge in [0.1, 0.15) is 0 Å². The number of nitrogens with zero attached hydrogens (tertiary/aromatic N) is 1. The van der Waals surface area contributed by atoms with E-state index >= 15 is 0 Å². The van der Waals surface area contributed by atoms with Crippen molar-refractivity contribution in [1.29, 1.82) is 0 Å². The third-order valence-electron chi connectivity index (χ3n) is 2.68. The fourth-order valence-corrected chi connectivity index (χ4v) is 1.93. The van der Waals surface area contributed by atoms with Gasteiger partial charge in [-0.1, -0.05) is 55.8 Å². The highest BCUT2D eigenvalue weighted by atomic mass is 16.2. The molecule has 1 aromatic carbocycles. The molecule has 0 aliphatic heterocycles. The summed E-state index contributed by atoms with van der Waals surface area (Å²) in [4.78, 5) is 13.5. The van der Waals surface area contributed by atoms with Crippen LogP contribution in [0.1, 0.15) is 33.3 Å².